The molecule has 1 atom stereocenters. The fraction of sp³-hybridized carbons (Fsp3) is 0.520. The predicted octanol–water partition coefficient (Wildman–Crippen LogP) is 6.15. The van der Waals surface area contributed by atoms with Gasteiger partial charge in [-0.3, -0.25) is 0 Å². The topological polar surface area (TPSA) is 37.4 Å². The molecule has 0 fully saturated rings. The molecular formula is C25H37NO2S. The van der Waals surface area contributed by atoms with Gasteiger partial charge in [0.15, 0.2) is 0 Å². The van der Waals surface area contributed by atoms with Crippen LogP contribution in [0.25, 0.3) is 0 Å². The van der Waals surface area contributed by atoms with Gasteiger partial charge in [0.05, 0.1) is 4.90 Å². The van der Waals surface area contributed by atoms with E-state index >= 15 is 0 Å². The average molecular weight is 416 g/mol. The molecule has 0 N–H and O–H groups in total. The Morgan fingerprint density at radius 2 is 0.828 bits per heavy atom. The van der Waals surface area contributed by atoms with Crippen LogP contribution in [0, 0.1) is 69.2 Å². The summed E-state index contributed by atoms with van der Waals surface area (Å²) in [5.74, 6) is 0. The zero-order chi connectivity index (χ0) is 22.6. The Morgan fingerprint density at radius 3 is 1.17 bits per heavy atom. The Hall–Kier alpha value is -1.65. The van der Waals surface area contributed by atoms with Crippen LogP contribution in [0.2, 0.25) is 0 Å². The molecule has 0 aliphatic rings. The van der Waals surface area contributed by atoms with Gasteiger partial charge in [0.2, 0.25) is 10.0 Å². The Kier molecular flexibility index (Phi) is 6.42. The van der Waals surface area contributed by atoms with E-state index in [2.05, 4.69) is 41.5 Å². The molecule has 0 saturated carbocycles. The van der Waals surface area contributed by atoms with Gasteiger partial charge in [-0.2, -0.15) is 4.31 Å². The zero-order valence-corrected chi connectivity index (χ0v) is 21.1. The molecular weight excluding hydrogens is 378 g/mol. The first-order valence-corrected chi connectivity index (χ1v) is 11.7. The van der Waals surface area contributed by atoms with Crippen LogP contribution < -0.4 is 0 Å². The standard InChI is InChI=1S/C25H37NO2S/c1-13-15(3)19(7)24(20(8)16(13)4)23(11)26(12)29(27,28)25-21(9)17(5)14(2)18(6)22(25)10/h23H,1-12H3. The Morgan fingerprint density at radius 1 is 0.552 bits per heavy atom. The fourth-order valence-electron chi connectivity index (χ4n) is 4.54. The van der Waals surface area contributed by atoms with Crippen LogP contribution in [-0.4, -0.2) is 19.8 Å². The third kappa shape index (κ3) is 3.55. The quantitative estimate of drug-likeness (QED) is 0.600. The van der Waals surface area contributed by atoms with Crippen molar-refractivity contribution in [2.24, 2.45) is 0 Å². The van der Waals surface area contributed by atoms with Crippen LogP contribution in [0.15, 0.2) is 4.90 Å². The lowest BCUT2D eigenvalue weighted by molar-refractivity contribution is 0.395. The highest BCUT2D eigenvalue weighted by molar-refractivity contribution is 7.89. The van der Waals surface area contributed by atoms with Crippen molar-refractivity contribution >= 4 is 10.0 Å². The van der Waals surface area contributed by atoms with Gasteiger partial charge in [-0.1, -0.05) is 0 Å². The molecule has 0 aromatic heterocycles. The number of benzene rings is 2. The van der Waals surface area contributed by atoms with Crippen molar-refractivity contribution in [3.05, 3.63) is 61.2 Å². The first-order chi connectivity index (χ1) is 13.2. The molecule has 4 heteroatoms. The SMILES string of the molecule is Cc1c(C)c(C)c(C(C)N(C)S(=O)(=O)c2c(C)c(C)c(C)c(C)c2C)c(C)c1C. The molecule has 0 aliphatic carbocycles. The summed E-state index contributed by atoms with van der Waals surface area (Å²) in [6, 6.07) is -0.251. The van der Waals surface area contributed by atoms with Crippen LogP contribution in [0.4, 0.5) is 0 Å². The molecule has 0 heterocycles. The number of nitrogens with zero attached hydrogens (tertiary/aromatic N) is 1. The lowest BCUT2D eigenvalue weighted by atomic mass is 9.87. The lowest BCUT2D eigenvalue weighted by Gasteiger charge is -2.31. The maximum absolute atomic E-state index is 13.8. The van der Waals surface area contributed by atoms with Crippen molar-refractivity contribution in [1.82, 2.24) is 4.31 Å². The van der Waals surface area contributed by atoms with Crippen LogP contribution in [0.1, 0.15) is 74.2 Å². The summed E-state index contributed by atoms with van der Waals surface area (Å²) >= 11 is 0. The molecule has 160 valence electrons. The Bertz CT molecular complexity index is 1040. The van der Waals surface area contributed by atoms with E-state index in [4.69, 9.17) is 0 Å². The van der Waals surface area contributed by atoms with Gasteiger partial charge in [-0.05, 0) is 137 Å². The molecule has 0 saturated heterocycles. The van der Waals surface area contributed by atoms with Crippen molar-refractivity contribution in [2.75, 3.05) is 7.05 Å². The van der Waals surface area contributed by atoms with Crippen molar-refractivity contribution in [3.63, 3.8) is 0 Å². The van der Waals surface area contributed by atoms with Gasteiger partial charge in [0.1, 0.15) is 0 Å². The van der Waals surface area contributed by atoms with Gasteiger partial charge < -0.3 is 0 Å². The summed E-state index contributed by atoms with van der Waals surface area (Å²) in [6.07, 6.45) is 0. The second-order valence-corrected chi connectivity index (χ2v) is 10.6. The molecule has 0 bridgehead atoms. The van der Waals surface area contributed by atoms with Gasteiger partial charge in [0, 0.05) is 13.1 Å². The fourth-order valence-corrected chi connectivity index (χ4v) is 6.43. The first-order valence-electron chi connectivity index (χ1n) is 10.3. The van der Waals surface area contributed by atoms with Crippen molar-refractivity contribution in [1.29, 1.82) is 0 Å². The van der Waals surface area contributed by atoms with E-state index < -0.39 is 10.0 Å². The average Bonchev–Trinajstić information content (AvgIpc) is 2.67. The van der Waals surface area contributed by atoms with Crippen LogP contribution in [-0.2, 0) is 10.0 Å². The van der Waals surface area contributed by atoms with E-state index in [1.165, 1.54) is 33.4 Å². The molecule has 0 amide bonds. The third-order valence-corrected chi connectivity index (χ3v) is 9.79. The number of sulfonamides is 1. The van der Waals surface area contributed by atoms with E-state index in [0.717, 1.165) is 27.8 Å². The van der Waals surface area contributed by atoms with Crippen molar-refractivity contribution in [3.8, 4) is 0 Å². The maximum atomic E-state index is 13.8. The van der Waals surface area contributed by atoms with E-state index in [-0.39, 0.29) is 6.04 Å². The predicted molar refractivity (Wildman–Crippen MR) is 124 cm³/mol. The summed E-state index contributed by atoms with van der Waals surface area (Å²) in [6.45, 7) is 22.6. The molecule has 0 aliphatic heterocycles. The van der Waals surface area contributed by atoms with Gasteiger partial charge in [-0.25, -0.2) is 8.42 Å². The van der Waals surface area contributed by atoms with Crippen molar-refractivity contribution in [2.45, 2.75) is 87.1 Å². The third-order valence-electron chi connectivity index (χ3n) is 7.59. The van der Waals surface area contributed by atoms with Crippen LogP contribution in [0.5, 0.6) is 0 Å². The lowest BCUT2D eigenvalue weighted by Crippen LogP contribution is -2.32. The summed E-state index contributed by atoms with van der Waals surface area (Å²) in [5, 5.41) is 0. The second-order valence-electron chi connectivity index (χ2n) is 8.69. The first kappa shape index (κ1) is 23.6. The van der Waals surface area contributed by atoms with Crippen LogP contribution >= 0.6 is 0 Å². The smallest absolute Gasteiger partial charge is 0.207 e. The summed E-state index contributed by atoms with van der Waals surface area (Å²) in [4.78, 5) is 0.461. The zero-order valence-electron chi connectivity index (χ0n) is 20.2. The van der Waals surface area contributed by atoms with E-state index in [9.17, 15) is 8.42 Å². The van der Waals surface area contributed by atoms with Crippen LogP contribution in [0.3, 0.4) is 0 Å². The number of hydrogen-bond acceptors (Lipinski definition) is 2. The maximum Gasteiger partial charge on any atom is 0.243 e. The highest BCUT2D eigenvalue weighted by atomic mass is 32.2. The molecule has 2 rings (SSSR count). The Labute approximate surface area is 178 Å². The molecule has 29 heavy (non-hydrogen) atoms. The van der Waals surface area contributed by atoms with Gasteiger partial charge in [-0.15, -0.1) is 0 Å². The molecule has 3 nitrogen and oxygen atoms in total. The van der Waals surface area contributed by atoms with Gasteiger partial charge >= 0.3 is 0 Å². The number of hydrogen-bond donors (Lipinski definition) is 0. The molecule has 0 spiro atoms. The molecule has 2 aromatic rings. The molecule has 1 unspecified atom stereocenters. The molecule has 2 aromatic carbocycles. The normalized spacial score (nSPS) is 13.3. The van der Waals surface area contributed by atoms with Crippen molar-refractivity contribution < 1.29 is 8.42 Å². The van der Waals surface area contributed by atoms with E-state index in [1.54, 1.807) is 11.4 Å². The minimum Gasteiger partial charge on any atom is -0.207 e. The largest absolute Gasteiger partial charge is 0.243 e. The van der Waals surface area contributed by atoms with E-state index in [1.807, 2.05) is 34.6 Å². The highest BCUT2D eigenvalue weighted by Gasteiger charge is 2.32. The Balaban J connectivity index is 2.73. The highest BCUT2D eigenvalue weighted by Crippen LogP contribution is 2.37. The summed E-state index contributed by atoms with van der Waals surface area (Å²) in [7, 11) is -1.93. The minimum absolute atomic E-state index is 0.251. The summed E-state index contributed by atoms with van der Waals surface area (Å²) < 4.78 is 29.1. The van der Waals surface area contributed by atoms with Gasteiger partial charge in [0.25, 0.3) is 0 Å². The number of rotatable bonds is 4. The minimum atomic E-state index is -3.65. The molecule has 0 radical (unpaired) electrons. The monoisotopic (exact) mass is 415 g/mol. The second kappa shape index (κ2) is 7.88. The summed E-state index contributed by atoms with van der Waals surface area (Å²) in [5.41, 5.74) is 12.3. The van der Waals surface area contributed by atoms with E-state index in [0.29, 0.717) is 4.90 Å².